The minimum absolute atomic E-state index is 0.0914. The Bertz CT molecular complexity index is 921. The van der Waals surface area contributed by atoms with Gasteiger partial charge in [0.1, 0.15) is 0 Å². The molecule has 0 saturated carbocycles. The largest absolute Gasteiger partial charge is 0.339 e. The Morgan fingerprint density at radius 3 is 2.21 bits per heavy atom. The number of piperidine rings is 1. The van der Waals surface area contributed by atoms with Crippen LogP contribution in [0.2, 0.25) is 0 Å². The molecule has 2 aromatic carbocycles. The lowest BCUT2D eigenvalue weighted by Gasteiger charge is -2.38. The Balaban J connectivity index is 1.41. The molecule has 0 aliphatic carbocycles. The van der Waals surface area contributed by atoms with Gasteiger partial charge in [-0.05, 0) is 57.7 Å². The molecular formula is C25H30N2O2. The number of likely N-dealkylation sites (tertiary alicyclic amines) is 2. The molecule has 1 spiro atoms. The van der Waals surface area contributed by atoms with E-state index >= 15 is 0 Å². The Hall–Kier alpha value is -2.62. The van der Waals surface area contributed by atoms with Gasteiger partial charge >= 0.3 is 0 Å². The molecule has 4 nitrogen and oxygen atoms in total. The standard InChI is InChI=1S/C25H30N2O2/c1-18-5-4-6-21(14-18)17-27-12-9-25(24(27)29)7-10-26(11-8-25)23(28)22-15-19(2)13-20(3)16-22/h4-6,13-16H,7-12,17H2,1-3H3. The zero-order valence-corrected chi connectivity index (χ0v) is 17.7. The van der Waals surface area contributed by atoms with Gasteiger partial charge in [-0.25, -0.2) is 0 Å². The van der Waals surface area contributed by atoms with Crippen LogP contribution in [-0.4, -0.2) is 41.2 Å². The number of carbonyl (C=O) groups excluding carboxylic acids is 2. The summed E-state index contributed by atoms with van der Waals surface area (Å²) < 4.78 is 0. The number of nitrogens with zero attached hydrogens (tertiary/aromatic N) is 2. The summed E-state index contributed by atoms with van der Waals surface area (Å²) in [5.41, 5.74) is 5.12. The molecule has 2 aliphatic rings. The highest BCUT2D eigenvalue weighted by atomic mass is 16.2. The van der Waals surface area contributed by atoms with Crippen molar-refractivity contribution in [1.82, 2.24) is 9.80 Å². The first-order valence-corrected chi connectivity index (χ1v) is 10.6. The average Bonchev–Trinajstić information content (AvgIpc) is 2.97. The molecule has 2 aromatic rings. The molecule has 4 rings (SSSR count). The molecule has 152 valence electrons. The molecule has 2 fully saturated rings. The normalized spacial score (nSPS) is 18.5. The second-order valence-corrected chi connectivity index (χ2v) is 8.91. The van der Waals surface area contributed by atoms with E-state index in [-0.39, 0.29) is 17.2 Å². The van der Waals surface area contributed by atoms with Gasteiger partial charge in [0.2, 0.25) is 5.91 Å². The molecule has 4 heteroatoms. The third-order valence-corrected chi connectivity index (χ3v) is 6.53. The van der Waals surface area contributed by atoms with E-state index in [2.05, 4.69) is 37.3 Å². The van der Waals surface area contributed by atoms with Gasteiger partial charge in [-0.2, -0.15) is 0 Å². The zero-order chi connectivity index (χ0) is 20.6. The third-order valence-electron chi connectivity index (χ3n) is 6.53. The molecule has 0 radical (unpaired) electrons. The van der Waals surface area contributed by atoms with Gasteiger partial charge in [-0.15, -0.1) is 0 Å². The maximum absolute atomic E-state index is 13.2. The monoisotopic (exact) mass is 390 g/mol. The number of hydrogen-bond donors (Lipinski definition) is 0. The second kappa shape index (κ2) is 7.66. The minimum atomic E-state index is -0.275. The van der Waals surface area contributed by atoms with E-state index in [1.807, 2.05) is 35.8 Å². The van der Waals surface area contributed by atoms with Crippen LogP contribution in [0.25, 0.3) is 0 Å². The van der Waals surface area contributed by atoms with Crippen LogP contribution in [0.15, 0.2) is 42.5 Å². The van der Waals surface area contributed by atoms with Crippen molar-refractivity contribution in [3.63, 3.8) is 0 Å². The SMILES string of the molecule is Cc1cccc(CN2CCC3(CCN(C(=O)c4cc(C)cc(C)c4)CC3)C2=O)c1. The first-order chi connectivity index (χ1) is 13.9. The van der Waals surface area contributed by atoms with Crippen LogP contribution in [0.1, 0.15) is 51.9 Å². The van der Waals surface area contributed by atoms with Gasteiger partial charge in [-0.3, -0.25) is 9.59 Å². The summed E-state index contributed by atoms with van der Waals surface area (Å²) in [6, 6.07) is 14.4. The van der Waals surface area contributed by atoms with Crippen LogP contribution in [0, 0.1) is 26.2 Å². The fourth-order valence-corrected chi connectivity index (χ4v) is 4.96. The van der Waals surface area contributed by atoms with E-state index in [4.69, 9.17) is 0 Å². The van der Waals surface area contributed by atoms with Gasteiger partial charge in [0.05, 0.1) is 5.41 Å². The molecule has 0 aromatic heterocycles. The summed E-state index contributed by atoms with van der Waals surface area (Å²) in [4.78, 5) is 30.1. The van der Waals surface area contributed by atoms with E-state index in [0.717, 1.165) is 42.5 Å². The Morgan fingerprint density at radius 1 is 0.897 bits per heavy atom. The van der Waals surface area contributed by atoms with Gasteiger partial charge < -0.3 is 9.80 Å². The lowest BCUT2D eigenvalue weighted by Crippen LogP contribution is -2.46. The summed E-state index contributed by atoms with van der Waals surface area (Å²) in [6.07, 6.45) is 2.45. The summed E-state index contributed by atoms with van der Waals surface area (Å²) in [6.45, 7) is 8.96. The first kappa shape index (κ1) is 19.7. The van der Waals surface area contributed by atoms with Crippen molar-refractivity contribution in [2.75, 3.05) is 19.6 Å². The lowest BCUT2D eigenvalue weighted by molar-refractivity contribution is -0.138. The highest BCUT2D eigenvalue weighted by molar-refractivity contribution is 5.95. The van der Waals surface area contributed by atoms with Gasteiger partial charge in [-0.1, -0.05) is 47.0 Å². The number of amides is 2. The van der Waals surface area contributed by atoms with Crippen LogP contribution < -0.4 is 0 Å². The van der Waals surface area contributed by atoms with E-state index in [1.54, 1.807) is 0 Å². The number of aryl methyl sites for hydroxylation is 3. The summed E-state index contributed by atoms with van der Waals surface area (Å²) in [5, 5.41) is 0. The van der Waals surface area contributed by atoms with Crippen LogP contribution in [-0.2, 0) is 11.3 Å². The molecule has 0 unspecified atom stereocenters. The van der Waals surface area contributed by atoms with Crippen molar-refractivity contribution >= 4 is 11.8 Å². The lowest BCUT2D eigenvalue weighted by atomic mass is 9.77. The zero-order valence-electron chi connectivity index (χ0n) is 17.7. The quantitative estimate of drug-likeness (QED) is 0.785. The van der Waals surface area contributed by atoms with Crippen LogP contribution in [0.5, 0.6) is 0 Å². The predicted octanol–water partition coefficient (Wildman–Crippen LogP) is 4.27. The summed E-state index contributed by atoms with van der Waals surface area (Å²) in [5.74, 6) is 0.367. The van der Waals surface area contributed by atoms with Crippen molar-refractivity contribution < 1.29 is 9.59 Å². The van der Waals surface area contributed by atoms with Crippen molar-refractivity contribution in [2.45, 2.75) is 46.6 Å². The number of benzene rings is 2. The smallest absolute Gasteiger partial charge is 0.253 e. The predicted molar refractivity (Wildman–Crippen MR) is 115 cm³/mol. The molecule has 2 aliphatic heterocycles. The maximum Gasteiger partial charge on any atom is 0.253 e. The fourth-order valence-electron chi connectivity index (χ4n) is 4.96. The van der Waals surface area contributed by atoms with Crippen molar-refractivity contribution in [2.24, 2.45) is 5.41 Å². The van der Waals surface area contributed by atoms with Gasteiger partial charge in [0, 0.05) is 31.7 Å². The summed E-state index contributed by atoms with van der Waals surface area (Å²) in [7, 11) is 0. The maximum atomic E-state index is 13.2. The van der Waals surface area contributed by atoms with Crippen molar-refractivity contribution in [3.8, 4) is 0 Å². The molecule has 2 heterocycles. The molecule has 2 saturated heterocycles. The van der Waals surface area contributed by atoms with Crippen molar-refractivity contribution in [1.29, 1.82) is 0 Å². The minimum Gasteiger partial charge on any atom is -0.339 e. The van der Waals surface area contributed by atoms with E-state index < -0.39 is 0 Å². The molecule has 0 bridgehead atoms. The highest BCUT2D eigenvalue weighted by Gasteiger charge is 2.48. The molecule has 0 atom stereocenters. The Morgan fingerprint density at radius 2 is 1.55 bits per heavy atom. The molecular weight excluding hydrogens is 360 g/mol. The van der Waals surface area contributed by atoms with Crippen LogP contribution in [0.4, 0.5) is 0 Å². The van der Waals surface area contributed by atoms with E-state index in [0.29, 0.717) is 19.6 Å². The van der Waals surface area contributed by atoms with Crippen molar-refractivity contribution in [3.05, 3.63) is 70.3 Å². The van der Waals surface area contributed by atoms with Gasteiger partial charge in [0.15, 0.2) is 0 Å². The molecule has 29 heavy (non-hydrogen) atoms. The number of hydrogen-bond acceptors (Lipinski definition) is 2. The topological polar surface area (TPSA) is 40.6 Å². The van der Waals surface area contributed by atoms with Crippen LogP contribution >= 0.6 is 0 Å². The van der Waals surface area contributed by atoms with Crippen LogP contribution in [0.3, 0.4) is 0 Å². The average molecular weight is 391 g/mol. The highest BCUT2D eigenvalue weighted by Crippen LogP contribution is 2.42. The second-order valence-electron chi connectivity index (χ2n) is 8.91. The Kier molecular flexibility index (Phi) is 5.20. The number of rotatable bonds is 3. The van der Waals surface area contributed by atoms with Gasteiger partial charge in [0.25, 0.3) is 5.91 Å². The molecule has 2 amide bonds. The molecule has 0 N–H and O–H groups in total. The van der Waals surface area contributed by atoms with E-state index in [9.17, 15) is 9.59 Å². The third kappa shape index (κ3) is 3.93. The summed E-state index contributed by atoms with van der Waals surface area (Å²) >= 11 is 0. The fraction of sp³-hybridized carbons (Fsp3) is 0.440. The first-order valence-electron chi connectivity index (χ1n) is 10.6. The Labute approximate surface area is 173 Å². The van der Waals surface area contributed by atoms with E-state index in [1.165, 1.54) is 11.1 Å². The number of carbonyl (C=O) groups is 2.